The van der Waals surface area contributed by atoms with Gasteiger partial charge >= 0.3 is 0 Å². The first-order chi connectivity index (χ1) is 11.5. The van der Waals surface area contributed by atoms with Crippen molar-refractivity contribution in [3.05, 3.63) is 29.3 Å². The van der Waals surface area contributed by atoms with Crippen LogP contribution in [0.25, 0.3) is 0 Å². The lowest BCUT2D eigenvalue weighted by atomic mass is 10.1. The number of carbonyl (C=O) groups is 1. The number of amides is 1. The Balaban J connectivity index is 1.88. The first kappa shape index (κ1) is 18.7. The Bertz CT molecular complexity index is 545. The maximum atomic E-state index is 12.2. The molecule has 24 heavy (non-hydrogen) atoms. The van der Waals surface area contributed by atoms with E-state index in [1.807, 2.05) is 25.1 Å². The second-order valence-electron chi connectivity index (χ2n) is 7.06. The highest BCUT2D eigenvalue weighted by Crippen LogP contribution is 2.21. The molecule has 1 aromatic rings. The number of aliphatic hydroxyl groups excluding tert-OH is 1. The van der Waals surface area contributed by atoms with Gasteiger partial charge in [-0.2, -0.15) is 0 Å². The molecule has 2 unspecified atom stereocenters. The minimum atomic E-state index is -0.431. The summed E-state index contributed by atoms with van der Waals surface area (Å²) in [6.07, 6.45) is 2.22. The number of aliphatic hydroxyl groups is 1. The quantitative estimate of drug-likeness (QED) is 0.637. The van der Waals surface area contributed by atoms with Gasteiger partial charge in [0.25, 0.3) is 0 Å². The van der Waals surface area contributed by atoms with Crippen molar-refractivity contribution >= 4 is 5.91 Å². The van der Waals surface area contributed by atoms with Crippen LogP contribution in [-0.4, -0.2) is 36.3 Å². The number of nitrogens with one attached hydrogen (secondary N) is 2. The van der Waals surface area contributed by atoms with Gasteiger partial charge < -0.3 is 20.5 Å². The Morgan fingerprint density at radius 3 is 2.92 bits per heavy atom. The number of ether oxygens (including phenoxy) is 1. The smallest absolute Gasteiger partial charge is 0.237 e. The number of benzene rings is 1. The number of carbonyl (C=O) groups excluding carboxylic acids is 1. The molecule has 1 aromatic carbocycles. The van der Waals surface area contributed by atoms with Gasteiger partial charge in [0, 0.05) is 18.7 Å². The SMILES string of the molecule is Cc1ccc(CNC(=O)C2CC(O)CN2)c(OCCCC(C)C)c1. The lowest BCUT2D eigenvalue weighted by Crippen LogP contribution is -2.40. The third-order valence-electron chi connectivity index (χ3n) is 4.28. The fourth-order valence-corrected chi connectivity index (χ4v) is 2.84. The Kier molecular flexibility index (Phi) is 7.06. The van der Waals surface area contributed by atoms with Crippen LogP contribution in [-0.2, 0) is 11.3 Å². The molecule has 1 heterocycles. The second kappa shape index (κ2) is 9.04. The zero-order valence-corrected chi connectivity index (χ0v) is 15.0. The number of hydrogen-bond acceptors (Lipinski definition) is 4. The van der Waals surface area contributed by atoms with Gasteiger partial charge in [-0.15, -0.1) is 0 Å². The van der Waals surface area contributed by atoms with Gasteiger partial charge in [0.05, 0.1) is 18.8 Å². The molecule has 0 aromatic heterocycles. The topological polar surface area (TPSA) is 70.6 Å². The molecule has 134 valence electrons. The monoisotopic (exact) mass is 334 g/mol. The third-order valence-corrected chi connectivity index (χ3v) is 4.28. The van der Waals surface area contributed by atoms with Crippen LogP contribution in [0.15, 0.2) is 18.2 Å². The largest absolute Gasteiger partial charge is 0.493 e. The van der Waals surface area contributed by atoms with E-state index in [0.717, 1.165) is 29.7 Å². The predicted molar refractivity (Wildman–Crippen MR) is 95.0 cm³/mol. The normalized spacial score (nSPS) is 20.4. The van der Waals surface area contributed by atoms with E-state index in [9.17, 15) is 9.90 Å². The van der Waals surface area contributed by atoms with Crippen molar-refractivity contribution in [2.45, 2.75) is 58.7 Å². The van der Waals surface area contributed by atoms with Crippen LogP contribution in [0.3, 0.4) is 0 Å². The van der Waals surface area contributed by atoms with Crippen molar-refractivity contribution < 1.29 is 14.6 Å². The van der Waals surface area contributed by atoms with Crippen LogP contribution in [0.5, 0.6) is 5.75 Å². The zero-order valence-electron chi connectivity index (χ0n) is 15.0. The highest BCUT2D eigenvalue weighted by molar-refractivity contribution is 5.82. The number of β-amino-alcohol motifs (C(OH)–C–C–N with tert-alkyl or cyclic N) is 1. The number of aryl methyl sites for hydroxylation is 1. The summed E-state index contributed by atoms with van der Waals surface area (Å²) in [5.41, 5.74) is 2.13. The van der Waals surface area contributed by atoms with E-state index in [-0.39, 0.29) is 11.9 Å². The van der Waals surface area contributed by atoms with Crippen molar-refractivity contribution in [2.75, 3.05) is 13.2 Å². The molecule has 5 heteroatoms. The maximum absolute atomic E-state index is 12.2. The van der Waals surface area contributed by atoms with Gasteiger partial charge in [0.2, 0.25) is 5.91 Å². The van der Waals surface area contributed by atoms with E-state index in [4.69, 9.17) is 4.74 Å². The van der Waals surface area contributed by atoms with E-state index in [1.165, 1.54) is 0 Å². The lowest BCUT2D eigenvalue weighted by Gasteiger charge is -2.15. The van der Waals surface area contributed by atoms with Crippen LogP contribution in [0.1, 0.15) is 44.2 Å². The Morgan fingerprint density at radius 1 is 1.46 bits per heavy atom. The molecular weight excluding hydrogens is 304 g/mol. The number of hydrogen-bond donors (Lipinski definition) is 3. The molecule has 5 nitrogen and oxygen atoms in total. The highest BCUT2D eigenvalue weighted by Gasteiger charge is 2.27. The summed E-state index contributed by atoms with van der Waals surface area (Å²) in [6, 6.07) is 5.75. The molecule has 1 aliphatic rings. The Morgan fingerprint density at radius 2 is 2.25 bits per heavy atom. The van der Waals surface area contributed by atoms with E-state index in [0.29, 0.717) is 32.0 Å². The van der Waals surface area contributed by atoms with Crippen molar-refractivity contribution in [3.8, 4) is 5.75 Å². The molecule has 1 amide bonds. The van der Waals surface area contributed by atoms with Crippen molar-refractivity contribution in [1.82, 2.24) is 10.6 Å². The minimum Gasteiger partial charge on any atom is -0.493 e. The molecule has 1 saturated heterocycles. The average Bonchev–Trinajstić information content (AvgIpc) is 2.97. The summed E-state index contributed by atoms with van der Waals surface area (Å²) in [5.74, 6) is 1.45. The first-order valence-electron chi connectivity index (χ1n) is 8.87. The lowest BCUT2D eigenvalue weighted by molar-refractivity contribution is -0.123. The third kappa shape index (κ3) is 5.80. The molecule has 1 aliphatic heterocycles. The van der Waals surface area contributed by atoms with Gasteiger partial charge in [-0.05, 0) is 43.7 Å². The average molecular weight is 334 g/mol. The Hall–Kier alpha value is -1.59. The molecule has 0 radical (unpaired) electrons. The molecule has 0 bridgehead atoms. The van der Waals surface area contributed by atoms with Gasteiger partial charge in [0.15, 0.2) is 0 Å². The molecule has 0 aliphatic carbocycles. The number of rotatable bonds is 8. The molecule has 2 atom stereocenters. The van der Waals surface area contributed by atoms with Gasteiger partial charge in [-0.1, -0.05) is 26.0 Å². The first-order valence-corrected chi connectivity index (χ1v) is 8.87. The van der Waals surface area contributed by atoms with Crippen LogP contribution in [0.4, 0.5) is 0 Å². The summed E-state index contributed by atoms with van der Waals surface area (Å²) in [6.45, 7) is 8.06. The highest BCUT2D eigenvalue weighted by atomic mass is 16.5. The fourth-order valence-electron chi connectivity index (χ4n) is 2.84. The van der Waals surface area contributed by atoms with Crippen LogP contribution < -0.4 is 15.4 Å². The van der Waals surface area contributed by atoms with Crippen molar-refractivity contribution in [1.29, 1.82) is 0 Å². The van der Waals surface area contributed by atoms with E-state index in [1.54, 1.807) is 0 Å². The summed E-state index contributed by atoms with van der Waals surface area (Å²) < 4.78 is 5.94. The standard InChI is InChI=1S/C19H30N2O3/c1-13(2)5-4-8-24-18-9-14(3)6-7-15(18)11-21-19(23)17-10-16(22)12-20-17/h6-7,9,13,16-17,20,22H,4-5,8,10-12H2,1-3H3,(H,21,23). The summed E-state index contributed by atoms with van der Waals surface area (Å²) in [4.78, 5) is 12.2. The van der Waals surface area contributed by atoms with Crippen molar-refractivity contribution in [2.24, 2.45) is 5.92 Å². The summed E-state index contributed by atoms with van der Waals surface area (Å²) >= 11 is 0. The molecule has 0 spiro atoms. The van der Waals surface area contributed by atoms with Crippen molar-refractivity contribution in [3.63, 3.8) is 0 Å². The van der Waals surface area contributed by atoms with E-state index in [2.05, 4.69) is 24.5 Å². The predicted octanol–water partition coefficient (Wildman–Crippen LogP) is 2.15. The van der Waals surface area contributed by atoms with Crippen LogP contribution in [0, 0.1) is 12.8 Å². The second-order valence-corrected chi connectivity index (χ2v) is 7.06. The molecule has 0 saturated carbocycles. The van der Waals surface area contributed by atoms with Gasteiger partial charge in [0.1, 0.15) is 5.75 Å². The van der Waals surface area contributed by atoms with E-state index < -0.39 is 6.10 Å². The molecular formula is C19H30N2O3. The van der Waals surface area contributed by atoms with Gasteiger partial charge in [-0.3, -0.25) is 4.79 Å². The Labute approximate surface area is 144 Å². The van der Waals surface area contributed by atoms with E-state index >= 15 is 0 Å². The molecule has 3 N–H and O–H groups in total. The van der Waals surface area contributed by atoms with Gasteiger partial charge in [-0.25, -0.2) is 0 Å². The fraction of sp³-hybridized carbons (Fsp3) is 0.632. The van der Waals surface area contributed by atoms with Crippen LogP contribution >= 0.6 is 0 Å². The molecule has 2 rings (SSSR count). The zero-order chi connectivity index (χ0) is 17.5. The molecule has 1 fully saturated rings. The summed E-state index contributed by atoms with van der Waals surface area (Å²) in [7, 11) is 0. The summed E-state index contributed by atoms with van der Waals surface area (Å²) in [5, 5.41) is 15.5. The maximum Gasteiger partial charge on any atom is 0.237 e. The van der Waals surface area contributed by atoms with Crippen LogP contribution in [0.2, 0.25) is 0 Å². The minimum absolute atomic E-state index is 0.0714.